The van der Waals surface area contributed by atoms with Crippen molar-refractivity contribution in [2.24, 2.45) is 5.73 Å². The lowest BCUT2D eigenvalue weighted by atomic mass is 9.91. The molecule has 74 valence electrons. The Morgan fingerprint density at radius 3 is 2.93 bits per heavy atom. The molecule has 0 saturated carbocycles. The van der Waals surface area contributed by atoms with E-state index >= 15 is 0 Å². The number of halogens is 1. The number of nitrogens with two attached hydrogens (primary N) is 1. The number of rotatable bonds is 2. The van der Waals surface area contributed by atoms with Crippen molar-refractivity contribution in [2.75, 3.05) is 6.54 Å². The van der Waals surface area contributed by atoms with Gasteiger partial charge in [-0.2, -0.15) is 0 Å². The first-order chi connectivity index (χ1) is 6.81. The largest absolute Gasteiger partial charge is 0.330 e. The lowest BCUT2D eigenvalue weighted by Gasteiger charge is -2.17. The molecule has 2 heteroatoms. The lowest BCUT2D eigenvalue weighted by Crippen LogP contribution is -2.05. The Morgan fingerprint density at radius 2 is 2.14 bits per heavy atom. The summed E-state index contributed by atoms with van der Waals surface area (Å²) in [6.45, 7) is 0.738. The molecule has 0 aliphatic heterocycles. The van der Waals surface area contributed by atoms with Gasteiger partial charge in [0.1, 0.15) is 0 Å². The molecule has 14 heavy (non-hydrogen) atoms. The fourth-order valence-corrected chi connectivity index (χ4v) is 2.21. The van der Waals surface area contributed by atoms with E-state index in [1.807, 2.05) is 12.1 Å². The molecule has 1 aromatic carbocycles. The molecule has 0 amide bonds. The SMILES string of the molecule is NCCC1=Cc2cccc(Cl)c2CC1. The Kier molecular flexibility index (Phi) is 2.90. The highest BCUT2D eigenvalue weighted by molar-refractivity contribution is 6.31. The molecular weight excluding hydrogens is 194 g/mol. The van der Waals surface area contributed by atoms with Crippen LogP contribution < -0.4 is 5.73 Å². The maximum atomic E-state index is 6.11. The summed E-state index contributed by atoms with van der Waals surface area (Å²) >= 11 is 6.11. The van der Waals surface area contributed by atoms with Gasteiger partial charge in [0.05, 0.1) is 0 Å². The summed E-state index contributed by atoms with van der Waals surface area (Å²) in [4.78, 5) is 0. The molecule has 0 bridgehead atoms. The molecule has 1 aliphatic carbocycles. The predicted molar refractivity (Wildman–Crippen MR) is 61.4 cm³/mol. The minimum Gasteiger partial charge on any atom is -0.330 e. The van der Waals surface area contributed by atoms with E-state index in [1.54, 1.807) is 0 Å². The van der Waals surface area contributed by atoms with E-state index in [0.717, 1.165) is 30.8 Å². The highest BCUT2D eigenvalue weighted by Gasteiger charge is 2.11. The van der Waals surface area contributed by atoms with Gasteiger partial charge in [0, 0.05) is 5.02 Å². The molecule has 0 fully saturated rings. The van der Waals surface area contributed by atoms with Gasteiger partial charge in [0.2, 0.25) is 0 Å². The van der Waals surface area contributed by atoms with Crippen LogP contribution in [0.1, 0.15) is 24.0 Å². The minimum absolute atomic E-state index is 0.738. The number of fused-ring (bicyclic) bond motifs is 1. The number of hydrogen-bond donors (Lipinski definition) is 1. The third-order valence-electron chi connectivity index (χ3n) is 2.68. The Bertz CT molecular complexity index is 369. The second kappa shape index (κ2) is 4.16. The molecule has 1 nitrogen and oxygen atoms in total. The zero-order valence-corrected chi connectivity index (χ0v) is 8.85. The first-order valence-electron chi connectivity index (χ1n) is 4.98. The second-order valence-corrected chi connectivity index (χ2v) is 4.06. The summed E-state index contributed by atoms with van der Waals surface area (Å²) in [5, 5.41) is 0.894. The van der Waals surface area contributed by atoms with E-state index in [1.165, 1.54) is 16.7 Å². The average Bonchev–Trinajstić information content (AvgIpc) is 2.18. The van der Waals surface area contributed by atoms with E-state index in [4.69, 9.17) is 17.3 Å². The lowest BCUT2D eigenvalue weighted by molar-refractivity contribution is 0.837. The molecule has 0 saturated heterocycles. The zero-order valence-electron chi connectivity index (χ0n) is 8.09. The van der Waals surface area contributed by atoms with Crippen molar-refractivity contribution >= 4 is 17.7 Å². The van der Waals surface area contributed by atoms with Crippen LogP contribution in [0.15, 0.2) is 23.8 Å². The predicted octanol–water partition coefficient (Wildman–Crippen LogP) is 3.02. The van der Waals surface area contributed by atoms with Crippen molar-refractivity contribution in [2.45, 2.75) is 19.3 Å². The van der Waals surface area contributed by atoms with Crippen LogP contribution in [-0.2, 0) is 6.42 Å². The van der Waals surface area contributed by atoms with Gasteiger partial charge in [-0.15, -0.1) is 0 Å². The van der Waals surface area contributed by atoms with Gasteiger partial charge in [-0.05, 0) is 43.0 Å². The Morgan fingerprint density at radius 1 is 1.29 bits per heavy atom. The second-order valence-electron chi connectivity index (χ2n) is 3.65. The fraction of sp³-hybridized carbons (Fsp3) is 0.333. The van der Waals surface area contributed by atoms with Crippen LogP contribution in [-0.4, -0.2) is 6.54 Å². The summed E-state index contributed by atoms with van der Waals surface area (Å²) < 4.78 is 0. The van der Waals surface area contributed by atoms with Crippen molar-refractivity contribution in [1.29, 1.82) is 0 Å². The van der Waals surface area contributed by atoms with E-state index < -0.39 is 0 Å². The average molecular weight is 208 g/mol. The van der Waals surface area contributed by atoms with Gasteiger partial charge in [0.25, 0.3) is 0 Å². The minimum atomic E-state index is 0.738. The molecule has 1 aromatic rings. The molecule has 2 N–H and O–H groups in total. The molecular formula is C12H14ClN. The molecule has 0 radical (unpaired) electrons. The monoisotopic (exact) mass is 207 g/mol. The quantitative estimate of drug-likeness (QED) is 0.793. The Labute approximate surface area is 89.6 Å². The molecule has 0 aromatic heterocycles. The van der Waals surface area contributed by atoms with Crippen LogP contribution >= 0.6 is 11.6 Å². The van der Waals surface area contributed by atoms with Crippen molar-refractivity contribution in [1.82, 2.24) is 0 Å². The van der Waals surface area contributed by atoms with E-state index in [-0.39, 0.29) is 0 Å². The van der Waals surface area contributed by atoms with Gasteiger partial charge in [-0.25, -0.2) is 0 Å². The zero-order chi connectivity index (χ0) is 9.97. The maximum absolute atomic E-state index is 6.11. The molecule has 0 unspecified atom stereocenters. The van der Waals surface area contributed by atoms with Gasteiger partial charge >= 0.3 is 0 Å². The number of benzene rings is 1. The molecule has 0 spiro atoms. The third-order valence-corrected chi connectivity index (χ3v) is 3.03. The smallest absolute Gasteiger partial charge is 0.0444 e. The van der Waals surface area contributed by atoms with Gasteiger partial charge < -0.3 is 5.73 Å². The van der Waals surface area contributed by atoms with Crippen LogP contribution in [0.3, 0.4) is 0 Å². The highest BCUT2D eigenvalue weighted by atomic mass is 35.5. The third kappa shape index (κ3) is 1.84. The molecule has 2 rings (SSSR count). The number of hydrogen-bond acceptors (Lipinski definition) is 1. The van der Waals surface area contributed by atoms with Crippen LogP contribution in [0.5, 0.6) is 0 Å². The highest BCUT2D eigenvalue weighted by Crippen LogP contribution is 2.30. The van der Waals surface area contributed by atoms with Crippen LogP contribution in [0.25, 0.3) is 6.08 Å². The Balaban J connectivity index is 2.35. The van der Waals surface area contributed by atoms with Gasteiger partial charge in [-0.1, -0.05) is 35.4 Å². The van der Waals surface area contributed by atoms with Crippen LogP contribution in [0.4, 0.5) is 0 Å². The summed E-state index contributed by atoms with van der Waals surface area (Å²) in [5.41, 5.74) is 9.55. The normalized spacial score (nSPS) is 14.9. The van der Waals surface area contributed by atoms with E-state index in [0.29, 0.717) is 0 Å². The Hall–Kier alpha value is -0.790. The standard InChI is InChI=1S/C12H14ClN/c13-12-3-1-2-10-8-9(6-7-14)4-5-11(10)12/h1-3,8H,4-7,14H2. The van der Waals surface area contributed by atoms with Crippen LogP contribution in [0.2, 0.25) is 5.02 Å². The van der Waals surface area contributed by atoms with Crippen molar-refractivity contribution < 1.29 is 0 Å². The summed E-state index contributed by atoms with van der Waals surface area (Å²) in [7, 11) is 0. The first-order valence-corrected chi connectivity index (χ1v) is 5.36. The summed E-state index contributed by atoms with van der Waals surface area (Å²) in [5.74, 6) is 0. The summed E-state index contributed by atoms with van der Waals surface area (Å²) in [6.07, 6.45) is 5.40. The maximum Gasteiger partial charge on any atom is 0.0444 e. The molecule has 0 atom stereocenters. The van der Waals surface area contributed by atoms with Crippen molar-refractivity contribution in [3.05, 3.63) is 39.9 Å². The van der Waals surface area contributed by atoms with Crippen molar-refractivity contribution in [3.63, 3.8) is 0 Å². The summed E-state index contributed by atoms with van der Waals surface area (Å²) in [6, 6.07) is 6.09. The topological polar surface area (TPSA) is 26.0 Å². The molecule has 1 aliphatic rings. The molecule has 0 heterocycles. The van der Waals surface area contributed by atoms with Crippen LogP contribution in [0, 0.1) is 0 Å². The van der Waals surface area contributed by atoms with E-state index in [9.17, 15) is 0 Å². The first kappa shape index (κ1) is 9.75. The van der Waals surface area contributed by atoms with Gasteiger partial charge in [-0.3, -0.25) is 0 Å². The van der Waals surface area contributed by atoms with E-state index in [2.05, 4.69) is 12.1 Å². The van der Waals surface area contributed by atoms with Gasteiger partial charge in [0.15, 0.2) is 0 Å². The fourth-order valence-electron chi connectivity index (χ4n) is 1.93. The van der Waals surface area contributed by atoms with Crippen molar-refractivity contribution in [3.8, 4) is 0 Å².